The van der Waals surface area contributed by atoms with Crippen LogP contribution in [-0.4, -0.2) is 5.38 Å². The van der Waals surface area contributed by atoms with Crippen molar-refractivity contribution in [3.8, 4) is 0 Å². The largest absolute Gasteiger partial charge is 0.132 e. The highest BCUT2D eigenvalue weighted by Gasteiger charge is 1.89. The third-order valence-electron chi connectivity index (χ3n) is 0.689. The highest BCUT2D eigenvalue weighted by Crippen LogP contribution is 1.99. The van der Waals surface area contributed by atoms with Crippen LogP contribution in [0.25, 0.3) is 0 Å². The topological polar surface area (TPSA) is 0 Å². The van der Waals surface area contributed by atoms with Crippen molar-refractivity contribution in [1.82, 2.24) is 0 Å². The molecule has 0 radical (unpaired) electrons. The maximum absolute atomic E-state index is 5.61. The number of alkyl halides is 1. The average molecular weight is 117 g/mol. The monoisotopic (exact) mass is 116 g/mol. The second-order valence-corrected chi connectivity index (χ2v) is 1.86. The fraction of sp³-hybridized carbons (Fsp3) is 0.500. The van der Waals surface area contributed by atoms with Crippen LogP contribution in [-0.2, 0) is 0 Å². The summed E-state index contributed by atoms with van der Waals surface area (Å²) >= 11 is 5.61. The van der Waals surface area contributed by atoms with Gasteiger partial charge in [-0.1, -0.05) is 13.5 Å². The number of allylic oxidation sites excluding steroid dienone is 1. The van der Waals surface area contributed by atoms with E-state index in [1.807, 2.05) is 6.92 Å². The first kappa shape index (κ1) is 6.81. The van der Waals surface area contributed by atoms with E-state index in [0.717, 1.165) is 6.42 Å². The molecule has 0 spiro atoms. The molecule has 0 amide bonds. The van der Waals surface area contributed by atoms with Crippen LogP contribution >= 0.6 is 11.6 Å². The maximum atomic E-state index is 5.61. The molecule has 0 aliphatic carbocycles. The minimum Gasteiger partial charge on any atom is -0.132 e. The van der Waals surface area contributed by atoms with Crippen molar-refractivity contribution in [3.63, 3.8) is 0 Å². The van der Waals surface area contributed by atoms with Crippen LogP contribution in [0.1, 0.15) is 13.3 Å². The zero-order chi connectivity index (χ0) is 5.70. The fourth-order valence-electron chi connectivity index (χ4n) is 0.246. The Balaban J connectivity index is 3.35. The molecule has 0 aliphatic rings. The van der Waals surface area contributed by atoms with Gasteiger partial charge < -0.3 is 0 Å². The number of hydrogen-bond donors (Lipinski definition) is 0. The lowest BCUT2D eigenvalue weighted by Crippen LogP contribution is -1.85. The summed E-state index contributed by atoms with van der Waals surface area (Å²) in [5, 5.41) is 0.123. The van der Waals surface area contributed by atoms with Crippen molar-refractivity contribution in [2.45, 2.75) is 18.7 Å². The lowest BCUT2D eigenvalue weighted by Gasteiger charge is -1.90. The van der Waals surface area contributed by atoms with E-state index in [2.05, 4.69) is 12.3 Å². The van der Waals surface area contributed by atoms with Gasteiger partial charge in [-0.15, -0.1) is 17.3 Å². The Morgan fingerprint density at radius 1 is 2.00 bits per heavy atom. The third-order valence-corrected chi connectivity index (χ3v) is 1.12. The van der Waals surface area contributed by atoms with Crippen LogP contribution in [0.4, 0.5) is 0 Å². The molecule has 0 saturated carbocycles. The molecule has 0 N–H and O–H groups in total. The minimum atomic E-state index is 0.123. The molecule has 0 rings (SSSR count). The van der Waals surface area contributed by atoms with Crippen molar-refractivity contribution in [2.75, 3.05) is 0 Å². The van der Waals surface area contributed by atoms with Crippen LogP contribution in [0.3, 0.4) is 0 Å². The molecule has 0 aliphatic heterocycles. The maximum Gasteiger partial charge on any atom is 0.0586 e. The van der Waals surface area contributed by atoms with Gasteiger partial charge in [-0.05, 0) is 12.5 Å². The molecule has 0 aromatic carbocycles. The molecule has 0 bridgehead atoms. The van der Waals surface area contributed by atoms with E-state index in [1.165, 1.54) is 0 Å². The van der Waals surface area contributed by atoms with E-state index < -0.39 is 0 Å². The fourth-order valence-corrected chi connectivity index (χ4v) is 0.335. The second-order valence-electron chi connectivity index (χ2n) is 1.30. The van der Waals surface area contributed by atoms with E-state index in [1.54, 1.807) is 6.08 Å². The highest BCUT2D eigenvalue weighted by molar-refractivity contribution is 6.21. The summed E-state index contributed by atoms with van der Waals surface area (Å²) in [6, 6.07) is 0. The first-order chi connectivity index (χ1) is 3.31. The summed E-state index contributed by atoms with van der Waals surface area (Å²) in [7, 11) is 0. The molecule has 40 valence electrons. The number of hydrogen-bond acceptors (Lipinski definition) is 0. The Kier molecular flexibility index (Phi) is 3.87. The highest BCUT2D eigenvalue weighted by atomic mass is 35.5. The van der Waals surface area contributed by atoms with Gasteiger partial charge in [0.1, 0.15) is 0 Å². The Hall–Kier alpha value is -0.190. The van der Waals surface area contributed by atoms with Crippen molar-refractivity contribution in [2.24, 2.45) is 0 Å². The van der Waals surface area contributed by atoms with E-state index in [-0.39, 0.29) is 5.38 Å². The average Bonchev–Trinajstić information content (AvgIpc) is 1.68. The quantitative estimate of drug-likeness (QED) is 0.384. The molecule has 0 fully saturated rings. The Labute approximate surface area is 49.5 Å². The molecule has 0 nitrogen and oxygen atoms in total. The van der Waals surface area contributed by atoms with E-state index in [0.29, 0.717) is 0 Å². The van der Waals surface area contributed by atoms with Crippen LogP contribution < -0.4 is 0 Å². The summed E-state index contributed by atoms with van der Waals surface area (Å²) in [4.78, 5) is 0. The van der Waals surface area contributed by atoms with Gasteiger partial charge in [-0.25, -0.2) is 0 Å². The van der Waals surface area contributed by atoms with Gasteiger partial charge in [0.15, 0.2) is 0 Å². The van der Waals surface area contributed by atoms with Gasteiger partial charge >= 0.3 is 0 Å². The normalized spacial score (nSPS) is 12.3. The van der Waals surface area contributed by atoms with Crippen LogP contribution in [0.15, 0.2) is 18.4 Å². The third kappa shape index (κ3) is 3.65. The van der Waals surface area contributed by atoms with E-state index in [4.69, 9.17) is 11.6 Å². The summed E-state index contributed by atoms with van der Waals surface area (Å²) in [6.07, 6.45) is 2.70. The van der Waals surface area contributed by atoms with Crippen molar-refractivity contribution in [3.05, 3.63) is 18.4 Å². The van der Waals surface area contributed by atoms with Crippen molar-refractivity contribution >= 4 is 11.6 Å². The minimum absolute atomic E-state index is 0.123. The summed E-state index contributed by atoms with van der Waals surface area (Å²) < 4.78 is 0. The Morgan fingerprint density at radius 2 is 2.57 bits per heavy atom. The SMILES string of the molecule is C=C=CC(Cl)CC. The summed E-state index contributed by atoms with van der Waals surface area (Å²) in [6.45, 7) is 5.40. The standard InChI is InChI=1S/C6H9Cl/c1-3-5-6(7)4-2/h5-6H,1,4H2,2H3. The number of rotatable bonds is 2. The molecule has 0 aromatic heterocycles. The van der Waals surface area contributed by atoms with E-state index >= 15 is 0 Å². The lowest BCUT2D eigenvalue weighted by atomic mass is 10.3. The molecular formula is C6H9Cl. The van der Waals surface area contributed by atoms with Crippen molar-refractivity contribution in [1.29, 1.82) is 0 Å². The molecule has 1 heteroatoms. The zero-order valence-electron chi connectivity index (χ0n) is 4.45. The number of halogens is 1. The lowest BCUT2D eigenvalue weighted by molar-refractivity contribution is 0.968. The molecule has 0 heterocycles. The predicted molar refractivity (Wildman–Crippen MR) is 33.6 cm³/mol. The van der Waals surface area contributed by atoms with Gasteiger partial charge in [0.05, 0.1) is 5.38 Å². The predicted octanol–water partition coefficient (Wildman–Crippen LogP) is 2.34. The summed E-state index contributed by atoms with van der Waals surface area (Å²) in [5.74, 6) is 0. The smallest absolute Gasteiger partial charge is 0.0586 e. The van der Waals surface area contributed by atoms with Crippen LogP contribution in [0.5, 0.6) is 0 Å². The van der Waals surface area contributed by atoms with Gasteiger partial charge in [0, 0.05) is 0 Å². The Bertz CT molecular complexity index is 80.2. The Morgan fingerprint density at radius 3 is 2.71 bits per heavy atom. The van der Waals surface area contributed by atoms with E-state index in [9.17, 15) is 0 Å². The summed E-state index contributed by atoms with van der Waals surface area (Å²) in [5.41, 5.74) is 2.61. The van der Waals surface area contributed by atoms with Gasteiger partial charge in [0.25, 0.3) is 0 Å². The molecule has 0 saturated heterocycles. The van der Waals surface area contributed by atoms with Gasteiger partial charge in [-0.2, -0.15) is 0 Å². The first-order valence-electron chi connectivity index (χ1n) is 2.31. The van der Waals surface area contributed by atoms with Crippen LogP contribution in [0, 0.1) is 0 Å². The molecule has 7 heavy (non-hydrogen) atoms. The molecule has 1 unspecified atom stereocenters. The van der Waals surface area contributed by atoms with Gasteiger partial charge in [-0.3, -0.25) is 0 Å². The van der Waals surface area contributed by atoms with Gasteiger partial charge in [0.2, 0.25) is 0 Å². The molecule has 1 atom stereocenters. The van der Waals surface area contributed by atoms with Crippen molar-refractivity contribution < 1.29 is 0 Å². The van der Waals surface area contributed by atoms with Crippen LogP contribution in [0.2, 0.25) is 0 Å². The molecular weight excluding hydrogens is 108 g/mol. The zero-order valence-corrected chi connectivity index (χ0v) is 5.20. The second kappa shape index (κ2) is 3.98. The molecule has 0 aromatic rings. The first-order valence-corrected chi connectivity index (χ1v) is 2.75.